The van der Waals surface area contributed by atoms with Crippen molar-refractivity contribution >= 4 is 12.0 Å². The van der Waals surface area contributed by atoms with Crippen LogP contribution in [0.1, 0.15) is 46.5 Å². The lowest BCUT2D eigenvalue weighted by Gasteiger charge is -2.26. The number of nitrogens with zero attached hydrogens (tertiary/aromatic N) is 2. The Bertz CT molecular complexity index is 344. The number of hydrogen-bond acceptors (Lipinski definition) is 3. The summed E-state index contributed by atoms with van der Waals surface area (Å²) in [6.07, 6.45) is 4.49. The molecule has 0 aliphatic heterocycles. The van der Waals surface area contributed by atoms with E-state index in [1.165, 1.54) is 30.6 Å². The molecule has 1 rings (SSSR count). The van der Waals surface area contributed by atoms with Gasteiger partial charge in [0.2, 0.25) is 5.91 Å². The van der Waals surface area contributed by atoms with Crippen LogP contribution in [0.4, 0.5) is 4.79 Å². The highest BCUT2D eigenvalue weighted by atomic mass is 16.6. The van der Waals surface area contributed by atoms with Crippen molar-refractivity contribution in [3.05, 3.63) is 0 Å². The molecule has 0 aromatic carbocycles. The zero-order chi connectivity index (χ0) is 15.3. The summed E-state index contributed by atoms with van der Waals surface area (Å²) >= 11 is 0. The van der Waals surface area contributed by atoms with Gasteiger partial charge in [-0.05, 0) is 39.5 Å². The Kier molecular flexibility index (Phi) is 5.84. The van der Waals surface area contributed by atoms with Crippen molar-refractivity contribution < 1.29 is 14.3 Å². The van der Waals surface area contributed by atoms with Crippen LogP contribution < -0.4 is 0 Å². The average molecular weight is 284 g/mol. The van der Waals surface area contributed by atoms with Crippen molar-refractivity contribution in [3.8, 4) is 0 Å². The Morgan fingerprint density at radius 1 is 1.10 bits per heavy atom. The highest BCUT2D eigenvalue weighted by Crippen LogP contribution is 2.25. The Morgan fingerprint density at radius 3 is 2.15 bits per heavy atom. The topological polar surface area (TPSA) is 49.9 Å². The SMILES string of the molecule is CN(CC1CCCC1)C(=O)CN(C)C(=O)OC(C)(C)C. The first-order valence-corrected chi connectivity index (χ1v) is 7.37. The molecule has 0 heterocycles. The summed E-state index contributed by atoms with van der Waals surface area (Å²) in [5.41, 5.74) is -0.538. The Morgan fingerprint density at radius 2 is 1.65 bits per heavy atom. The fraction of sp³-hybridized carbons (Fsp3) is 0.867. The maximum Gasteiger partial charge on any atom is 0.410 e. The van der Waals surface area contributed by atoms with Crippen molar-refractivity contribution in [3.63, 3.8) is 0 Å². The van der Waals surface area contributed by atoms with Gasteiger partial charge in [0.15, 0.2) is 0 Å². The summed E-state index contributed by atoms with van der Waals surface area (Å²) in [7, 11) is 3.40. The Labute approximate surface area is 122 Å². The van der Waals surface area contributed by atoms with E-state index in [0.29, 0.717) is 5.92 Å². The smallest absolute Gasteiger partial charge is 0.410 e. The third-order valence-corrected chi connectivity index (χ3v) is 3.51. The quantitative estimate of drug-likeness (QED) is 0.797. The molecule has 20 heavy (non-hydrogen) atoms. The highest BCUT2D eigenvalue weighted by molar-refractivity contribution is 5.82. The van der Waals surface area contributed by atoms with Gasteiger partial charge < -0.3 is 14.5 Å². The lowest BCUT2D eigenvalue weighted by atomic mass is 10.1. The van der Waals surface area contributed by atoms with E-state index in [-0.39, 0.29) is 12.5 Å². The van der Waals surface area contributed by atoms with Gasteiger partial charge >= 0.3 is 6.09 Å². The molecular weight excluding hydrogens is 256 g/mol. The molecule has 5 heteroatoms. The molecule has 0 radical (unpaired) electrons. The van der Waals surface area contributed by atoms with Gasteiger partial charge in [0.25, 0.3) is 0 Å². The molecule has 0 bridgehead atoms. The second-order valence-corrected chi connectivity index (χ2v) is 6.76. The van der Waals surface area contributed by atoms with Crippen molar-refractivity contribution in [2.45, 2.75) is 52.1 Å². The third-order valence-electron chi connectivity index (χ3n) is 3.51. The molecule has 0 N–H and O–H groups in total. The van der Waals surface area contributed by atoms with Gasteiger partial charge in [-0.25, -0.2) is 4.79 Å². The molecule has 2 amide bonds. The zero-order valence-electron chi connectivity index (χ0n) is 13.4. The van der Waals surface area contributed by atoms with Crippen molar-refractivity contribution in [2.75, 3.05) is 27.2 Å². The Balaban J connectivity index is 2.37. The summed E-state index contributed by atoms with van der Waals surface area (Å²) in [5.74, 6) is 0.584. The van der Waals surface area contributed by atoms with Gasteiger partial charge in [0.05, 0.1) is 0 Å². The van der Waals surface area contributed by atoms with Gasteiger partial charge in [-0.2, -0.15) is 0 Å². The van der Waals surface area contributed by atoms with E-state index in [1.54, 1.807) is 11.9 Å². The molecule has 0 atom stereocenters. The van der Waals surface area contributed by atoms with Crippen LogP contribution in [0, 0.1) is 5.92 Å². The predicted octanol–water partition coefficient (Wildman–Crippen LogP) is 2.50. The molecule has 1 aliphatic carbocycles. The Hall–Kier alpha value is -1.26. The molecule has 116 valence electrons. The molecule has 0 aromatic rings. The average Bonchev–Trinajstić information content (AvgIpc) is 2.79. The van der Waals surface area contributed by atoms with Gasteiger partial charge in [0, 0.05) is 20.6 Å². The van der Waals surface area contributed by atoms with Gasteiger partial charge in [-0.15, -0.1) is 0 Å². The number of carbonyl (C=O) groups excluding carboxylic acids is 2. The largest absolute Gasteiger partial charge is 0.444 e. The monoisotopic (exact) mass is 284 g/mol. The van der Waals surface area contributed by atoms with Crippen LogP contribution in [0.25, 0.3) is 0 Å². The lowest BCUT2D eigenvalue weighted by Crippen LogP contribution is -2.42. The van der Waals surface area contributed by atoms with E-state index in [9.17, 15) is 9.59 Å². The predicted molar refractivity (Wildman–Crippen MR) is 78.5 cm³/mol. The first-order chi connectivity index (χ1) is 9.19. The van der Waals surface area contributed by atoms with Crippen molar-refractivity contribution in [1.82, 2.24) is 9.80 Å². The van der Waals surface area contributed by atoms with E-state index in [0.717, 1.165) is 6.54 Å². The van der Waals surface area contributed by atoms with E-state index in [4.69, 9.17) is 4.74 Å². The number of ether oxygens (including phenoxy) is 1. The number of carbonyl (C=O) groups is 2. The number of amides is 2. The summed E-state index contributed by atoms with van der Waals surface area (Å²) in [6, 6.07) is 0. The highest BCUT2D eigenvalue weighted by Gasteiger charge is 2.24. The maximum absolute atomic E-state index is 12.1. The first-order valence-electron chi connectivity index (χ1n) is 7.37. The van der Waals surface area contributed by atoms with E-state index < -0.39 is 11.7 Å². The summed E-state index contributed by atoms with van der Waals surface area (Å²) in [6.45, 7) is 6.30. The van der Waals surface area contributed by atoms with Gasteiger partial charge in [-0.3, -0.25) is 4.79 Å². The van der Waals surface area contributed by atoms with Crippen LogP contribution in [0.15, 0.2) is 0 Å². The second-order valence-electron chi connectivity index (χ2n) is 6.76. The number of rotatable bonds is 4. The van der Waals surface area contributed by atoms with Crippen LogP contribution in [0.2, 0.25) is 0 Å². The molecular formula is C15H28N2O3. The molecule has 1 aliphatic rings. The normalized spacial score (nSPS) is 16.1. The van der Waals surface area contributed by atoms with Crippen molar-refractivity contribution in [1.29, 1.82) is 0 Å². The van der Waals surface area contributed by atoms with E-state index in [1.807, 2.05) is 27.8 Å². The lowest BCUT2D eigenvalue weighted by molar-refractivity contribution is -0.131. The third kappa shape index (κ3) is 5.80. The minimum absolute atomic E-state index is 0.0368. The fourth-order valence-corrected chi connectivity index (χ4v) is 2.41. The first kappa shape index (κ1) is 16.8. The fourth-order valence-electron chi connectivity index (χ4n) is 2.41. The van der Waals surface area contributed by atoms with E-state index >= 15 is 0 Å². The zero-order valence-corrected chi connectivity index (χ0v) is 13.4. The molecule has 1 saturated carbocycles. The second kappa shape index (κ2) is 6.95. The molecule has 0 saturated heterocycles. The van der Waals surface area contributed by atoms with Crippen LogP contribution in [0.5, 0.6) is 0 Å². The van der Waals surface area contributed by atoms with Crippen LogP contribution in [0.3, 0.4) is 0 Å². The van der Waals surface area contributed by atoms with Crippen molar-refractivity contribution in [2.24, 2.45) is 5.92 Å². The van der Waals surface area contributed by atoms with E-state index in [2.05, 4.69) is 0 Å². The minimum Gasteiger partial charge on any atom is -0.444 e. The van der Waals surface area contributed by atoms with Crippen LogP contribution in [-0.4, -0.2) is 54.6 Å². The summed E-state index contributed by atoms with van der Waals surface area (Å²) in [4.78, 5) is 26.9. The van der Waals surface area contributed by atoms with Gasteiger partial charge in [-0.1, -0.05) is 12.8 Å². The molecule has 0 spiro atoms. The molecule has 5 nitrogen and oxygen atoms in total. The summed E-state index contributed by atoms with van der Waals surface area (Å²) in [5, 5.41) is 0. The molecule has 0 aromatic heterocycles. The number of likely N-dealkylation sites (N-methyl/N-ethyl adjacent to an activating group) is 2. The maximum atomic E-state index is 12.1. The minimum atomic E-state index is -0.538. The summed E-state index contributed by atoms with van der Waals surface area (Å²) < 4.78 is 5.23. The van der Waals surface area contributed by atoms with Crippen LogP contribution in [-0.2, 0) is 9.53 Å². The number of hydrogen-bond donors (Lipinski definition) is 0. The standard InChI is InChI=1S/C15H28N2O3/c1-15(2,3)20-14(19)17(5)11-13(18)16(4)10-12-8-6-7-9-12/h12H,6-11H2,1-5H3. The van der Waals surface area contributed by atoms with Gasteiger partial charge in [0.1, 0.15) is 12.1 Å². The molecule has 1 fully saturated rings. The van der Waals surface area contributed by atoms with Crippen LogP contribution >= 0.6 is 0 Å². The molecule has 0 unspecified atom stereocenters.